The molecule has 0 aliphatic heterocycles. The predicted molar refractivity (Wildman–Crippen MR) is 143 cm³/mol. The topological polar surface area (TPSA) is 113 Å². The largest absolute Gasteiger partial charge is 0.464 e. The highest BCUT2D eigenvalue weighted by molar-refractivity contribution is 8.16. The van der Waals surface area contributed by atoms with Crippen molar-refractivity contribution < 1.29 is 27.5 Å². The number of ether oxygens (including phenoxy) is 1. The number of hydrogen-bond acceptors (Lipinski definition) is 8. The summed E-state index contributed by atoms with van der Waals surface area (Å²) < 4.78 is 33.4. The molecule has 0 heterocycles. The van der Waals surface area contributed by atoms with E-state index < -0.39 is 21.4 Å². The second kappa shape index (κ2) is 12.9. The number of thioether (sulfide) groups is 1. The minimum Gasteiger partial charge on any atom is -0.464 e. The molecule has 0 aliphatic rings. The first kappa shape index (κ1) is 29.3. The van der Waals surface area contributed by atoms with Crippen molar-refractivity contribution in [2.75, 3.05) is 38.7 Å². The molecular weight excluding hydrogens is 502 g/mol. The van der Waals surface area contributed by atoms with Crippen LogP contribution in [0.5, 0.6) is 0 Å². The van der Waals surface area contributed by atoms with Crippen LogP contribution < -0.4 is 9.62 Å². The van der Waals surface area contributed by atoms with E-state index in [-0.39, 0.29) is 36.1 Å². The monoisotopic (exact) mass is 535 g/mol. The Morgan fingerprint density at radius 2 is 1.75 bits per heavy atom. The fourth-order valence-corrected chi connectivity index (χ4v) is 5.05. The Morgan fingerprint density at radius 1 is 1.08 bits per heavy atom. The van der Waals surface area contributed by atoms with Crippen LogP contribution in [0.4, 0.5) is 5.69 Å². The minimum absolute atomic E-state index is 0.0416. The summed E-state index contributed by atoms with van der Waals surface area (Å²) in [5, 5.41) is 2.86. The highest BCUT2D eigenvalue weighted by Crippen LogP contribution is 2.30. The van der Waals surface area contributed by atoms with Gasteiger partial charge in [-0.2, -0.15) is 0 Å². The number of carbonyl (C=O) groups excluding carboxylic acids is 3. The van der Waals surface area contributed by atoms with E-state index in [0.717, 1.165) is 22.8 Å². The first-order valence-corrected chi connectivity index (χ1v) is 13.7. The number of carbonyl (C=O) groups is 3. The van der Waals surface area contributed by atoms with Gasteiger partial charge in [-0.25, -0.2) is 13.1 Å². The van der Waals surface area contributed by atoms with Gasteiger partial charge in [-0.1, -0.05) is 56.8 Å². The van der Waals surface area contributed by atoms with Crippen molar-refractivity contribution in [1.82, 2.24) is 9.62 Å². The Kier molecular flexibility index (Phi) is 10.5. The van der Waals surface area contributed by atoms with Crippen molar-refractivity contribution in [1.29, 1.82) is 0 Å². The van der Waals surface area contributed by atoms with Gasteiger partial charge in [0.05, 0.1) is 17.9 Å². The molecule has 36 heavy (non-hydrogen) atoms. The molecule has 0 aliphatic carbocycles. The lowest BCUT2D eigenvalue weighted by molar-refractivity contribution is -0.144. The van der Waals surface area contributed by atoms with E-state index in [0.29, 0.717) is 11.8 Å². The van der Waals surface area contributed by atoms with E-state index in [1.54, 1.807) is 39.0 Å². The molecule has 9 nitrogen and oxygen atoms in total. The summed E-state index contributed by atoms with van der Waals surface area (Å²) in [5.41, 5.74) is 0.396. The summed E-state index contributed by atoms with van der Waals surface area (Å²) in [6.45, 7) is 5.31. The maximum Gasteiger partial charge on any atom is 0.307 e. The van der Waals surface area contributed by atoms with Crippen LogP contribution in [0.25, 0.3) is 10.8 Å². The molecule has 2 aromatic carbocycles. The zero-order valence-corrected chi connectivity index (χ0v) is 22.8. The number of esters is 1. The van der Waals surface area contributed by atoms with Gasteiger partial charge in [0.25, 0.3) is 0 Å². The lowest BCUT2D eigenvalue weighted by Crippen LogP contribution is -2.28. The quantitative estimate of drug-likeness (QED) is 0.325. The summed E-state index contributed by atoms with van der Waals surface area (Å²) >= 11 is 0.986. The third kappa shape index (κ3) is 8.35. The number of amides is 1. The van der Waals surface area contributed by atoms with Gasteiger partial charge in [0, 0.05) is 48.7 Å². The van der Waals surface area contributed by atoms with Crippen LogP contribution in [0.2, 0.25) is 0 Å². The molecule has 0 aromatic heterocycles. The molecule has 0 radical (unpaired) electrons. The number of sulfonamides is 1. The van der Waals surface area contributed by atoms with Gasteiger partial charge in [0.15, 0.2) is 5.12 Å². The Balaban J connectivity index is 1.86. The van der Waals surface area contributed by atoms with Gasteiger partial charge in [-0.3, -0.25) is 14.4 Å². The highest BCUT2D eigenvalue weighted by atomic mass is 32.2. The molecule has 0 spiro atoms. The van der Waals surface area contributed by atoms with Crippen LogP contribution in [-0.2, 0) is 29.1 Å². The van der Waals surface area contributed by atoms with E-state index >= 15 is 0 Å². The number of hydrogen-bond donors (Lipinski definition) is 1. The molecule has 0 unspecified atom stereocenters. The first-order chi connectivity index (χ1) is 16.9. The molecule has 0 saturated heterocycles. The molecular formula is C25H33N3O6S2. The van der Waals surface area contributed by atoms with Gasteiger partial charge in [0.2, 0.25) is 16.4 Å². The Bertz CT molecular complexity index is 1220. The summed E-state index contributed by atoms with van der Waals surface area (Å²) in [7, 11) is -0.0880. The van der Waals surface area contributed by atoms with Crippen LogP contribution >= 0.6 is 11.8 Å². The second-order valence-corrected chi connectivity index (χ2v) is 11.8. The third-order valence-corrected chi connectivity index (χ3v) is 7.64. The van der Waals surface area contributed by atoms with Crippen LogP contribution in [-0.4, -0.2) is 64.6 Å². The highest BCUT2D eigenvalue weighted by Gasteiger charge is 2.21. The van der Waals surface area contributed by atoms with Crippen molar-refractivity contribution in [3.8, 4) is 0 Å². The number of anilines is 1. The van der Waals surface area contributed by atoms with Crippen LogP contribution in [0.15, 0.2) is 52.9 Å². The molecule has 0 atom stereocenters. The van der Waals surface area contributed by atoms with Gasteiger partial charge in [-0.05, 0) is 17.5 Å². The van der Waals surface area contributed by atoms with E-state index in [4.69, 9.17) is 4.74 Å². The van der Waals surface area contributed by atoms with Crippen molar-refractivity contribution in [2.24, 2.45) is 5.41 Å². The van der Waals surface area contributed by atoms with E-state index in [1.807, 2.05) is 31.1 Å². The molecule has 196 valence electrons. The maximum absolute atomic E-state index is 12.9. The maximum atomic E-state index is 12.9. The van der Waals surface area contributed by atoms with Crippen molar-refractivity contribution in [3.63, 3.8) is 0 Å². The zero-order valence-electron chi connectivity index (χ0n) is 21.2. The number of nitrogens with one attached hydrogen (secondary N) is 1. The summed E-state index contributed by atoms with van der Waals surface area (Å²) in [6.07, 6.45) is 1.83. The van der Waals surface area contributed by atoms with Gasteiger partial charge >= 0.3 is 5.97 Å². The fraction of sp³-hybridized carbons (Fsp3) is 0.400. The minimum atomic E-state index is -3.86. The van der Waals surface area contributed by atoms with Crippen LogP contribution in [0, 0.1) is 5.41 Å². The SMILES string of the molecule is CN(C)c1cccc2c(S(=O)(=O)NCCC(=O)OCCN(C=O)/C=C/SC(=O)C(C)(C)C)cccc12. The molecule has 0 fully saturated rings. The lowest BCUT2D eigenvalue weighted by atomic mass is 10.00. The first-order valence-electron chi connectivity index (χ1n) is 11.3. The molecule has 0 saturated carbocycles. The standard InChI is InChI=1S/C25H33N3O6S2/c1-25(2,3)24(31)35-17-15-28(18-29)14-16-34-23(30)12-13-26-36(32,33)22-11-7-8-19-20(22)9-6-10-21(19)27(4)5/h6-11,15,17-18,26H,12-14,16H2,1-5H3/b17-15+. The molecule has 2 aromatic rings. The van der Waals surface area contributed by atoms with Crippen LogP contribution in [0.1, 0.15) is 27.2 Å². The average Bonchev–Trinajstić information content (AvgIpc) is 2.81. The number of nitrogens with zero attached hydrogens (tertiary/aromatic N) is 2. The van der Waals surface area contributed by atoms with Crippen molar-refractivity contribution in [3.05, 3.63) is 48.0 Å². The van der Waals surface area contributed by atoms with Gasteiger partial charge in [-0.15, -0.1) is 0 Å². The van der Waals surface area contributed by atoms with E-state index in [1.165, 1.54) is 22.6 Å². The lowest BCUT2D eigenvalue weighted by Gasteiger charge is -2.17. The summed E-state index contributed by atoms with van der Waals surface area (Å²) in [6, 6.07) is 10.5. The number of rotatable bonds is 12. The second-order valence-electron chi connectivity index (χ2n) is 9.17. The molecule has 11 heteroatoms. The molecule has 2 rings (SSSR count). The van der Waals surface area contributed by atoms with E-state index in [2.05, 4.69) is 4.72 Å². The molecule has 1 amide bonds. The summed E-state index contributed by atoms with van der Waals surface area (Å²) in [4.78, 5) is 38.4. The Hall–Kier alpha value is -2.89. The zero-order chi connectivity index (χ0) is 26.9. The van der Waals surface area contributed by atoms with Crippen molar-refractivity contribution in [2.45, 2.75) is 32.1 Å². The smallest absolute Gasteiger partial charge is 0.307 e. The Labute approximate surface area is 216 Å². The van der Waals surface area contributed by atoms with Gasteiger partial charge in [0.1, 0.15) is 6.61 Å². The predicted octanol–water partition coefficient (Wildman–Crippen LogP) is 3.35. The number of benzene rings is 2. The molecule has 1 N–H and O–H groups in total. The number of fused-ring (bicyclic) bond motifs is 1. The Morgan fingerprint density at radius 3 is 2.39 bits per heavy atom. The van der Waals surface area contributed by atoms with Crippen LogP contribution in [0.3, 0.4) is 0 Å². The summed E-state index contributed by atoms with van der Waals surface area (Å²) in [5.74, 6) is -0.599. The van der Waals surface area contributed by atoms with Gasteiger partial charge < -0.3 is 14.5 Å². The third-order valence-electron chi connectivity index (χ3n) is 5.04. The van der Waals surface area contributed by atoms with E-state index in [9.17, 15) is 22.8 Å². The van der Waals surface area contributed by atoms with Crippen molar-refractivity contribution >= 4 is 55.7 Å². The fourth-order valence-electron chi connectivity index (χ4n) is 3.10. The normalized spacial score (nSPS) is 12.0. The average molecular weight is 536 g/mol. The molecule has 0 bridgehead atoms.